The Kier molecular flexibility index (Phi) is 3.05. The van der Waals surface area contributed by atoms with Crippen LogP contribution in [0.3, 0.4) is 0 Å². The van der Waals surface area contributed by atoms with Crippen molar-refractivity contribution in [2.45, 2.75) is 0 Å². The lowest BCUT2D eigenvalue weighted by molar-refractivity contribution is 0.0957. The Bertz CT molecular complexity index is 629. The maximum absolute atomic E-state index is 12.0. The zero-order valence-corrected chi connectivity index (χ0v) is 9.19. The number of carbonyl (C=O) groups is 1. The minimum atomic E-state index is -0.392. The SMILES string of the molecule is C=CCNC(=O)c1c[nH]c2ccccc2c1=O. The van der Waals surface area contributed by atoms with Gasteiger partial charge in [-0.15, -0.1) is 6.58 Å². The van der Waals surface area contributed by atoms with E-state index in [9.17, 15) is 9.59 Å². The van der Waals surface area contributed by atoms with Crippen LogP contribution in [0.5, 0.6) is 0 Å². The topological polar surface area (TPSA) is 62.0 Å². The second-order valence-electron chi connectivity index (χ2n) is 3.58. The Morgan fingerprint density at radius 1 is 1.41 bits per heavy atom. The highest BCUT2D eigenvalue weighted by Crippen LogP contribution is 2.06. The number of para-hydroxylation sites is 1. The van der Waals surface area contributed by atoms with Gasteiger partial charge in [0.05, 0.1) is 0 Å². The molecule has 0 aliphatic rings. The summed E-state index contributed by atoms with van der Waals surface area (Å²) in [6.45, 7) is 3.84. The van der Waals surface area contributed by atoms with Crippen LogP contribution in [-0.4, -0.2) is 17.4 Å². The number of H-pyrrole nitrogens is 1. The molecule has 1 heterocycles. The molecule has 1 aromatic carbocycles. The molecule has 2 rings (SSSR count). The van der Waals surface area contributed by atoms with Crippen LogP contribution in [0.15, 0.2) is 47.9 Å². The zero-order valence-electron chi connectivity index (χ0n) is 9.19. The Balaban J connectivity index is 2.49. The molecule has 0 unspecified atom stereocenters. The molecule has 2 aromatic rings. The van der Waals surface area contributed by atoms with E-state index in [4.69, 9.17) is 0 Å². The van der Waals surface area contributed by atoms with Crippen LogP contribution >= 0.6 is 0 Å². The first kappa shape index (κ1) is 11.1. The third-order valence-corrected chi connectivity index (χ3v) is 2.44. The zero-order chi connectivity index (χ0) is 12.3. The van der Waals surface area contributed by atoms with Gasteiger partial charge in [-0.3, -0.25) is 9.59 Å². The van der Waals surface area contributed by atoms with Crippen molar-refractivity contribution in [3.63, 3.8) is 0 Å². The largest absolute Gasteiger partial charge is 0.360 e. The molecule has 0 spiro atoms. The number of aromatic nitrogens is 1. The highest BCUT2D eigenvalue weighted by molar-refractivity contribution is 5.97. The number of benzene rings is 1. The van der Waals surface area contributed by atoms with Gasteiger partial charge in [0.15, 0.2) is 0 Å². The van der Waals surface area contributed by atoms with E-state index in [1.165, 1.54) is 6.20 Å². The number of fused-ring (bicyclic) bond motifs is 1. The van der Waals surface area contributed by atoms with Crippen molar-refractivity contribution in [1.29, 1.82) is 0 Å². The number of carbonyl (C=O) groups excluding carboxylic acids is 1. The minimum Gasteiger partial charge on any atom is -0.360 e. The second-order valence-corrected chi connectivity index (χ2v) is 3.58. The van der Waals surface area contributed by atoms with E-state index < -0.39 is 5.91 Å². The summed E-state index contributed by atoms with van der Waals surface area (Å²) in [6.07, 6.45) is 3.00. The molecule has 1 amide bonds. The Hall–Kier alpha value is -2.36. The van der Waals surface area contributed by atoms with E-state index in [0.29, 0.717) is 11.9 Å². The lowest BCUT2D eigenvalue weighted by Crippen LogP contribution is -2.28. The minimum absolute atomic E-state index is 0.116. The van der Waals surface area contributed by atoms with Crippen molar-refractivity contribution in [3.05, 3.63) is 58.9 Å². The van der Waals surface area contributed by atoms with Gasteiger partial charge in [-0.05, 0) is 12.1 Å². The summed E-state index contributed by atoms with van der Waals surface area (Å²) in [6, 6.07) is 7.08. The molecule has 0 saturated carbocycles. The quantitative estimate of drug-likeness (QED) is 0.781. The molecule has 0 aliphatic carbocycles. The molecule has 17 heavy (non-hydrogen) atoms. The molecule has 0 fully saturated rings. The average molecular weight is 228 g/mol. The van der Waals surface area contributed by atoms with Crippen LogP contribution in [0.1, 0.15) is 10.4 Å². The first-order valence-electron chi connectivity index (χ1n) is 5.23. The monoisotopic (exact) mass is 228 g/mol. The highest BCUT2D eigenvalue weighted by atomic mass is 16.2. The van der Waals surface area contributed by atoms with Gasteiger partial charge in [-0.2, -0.15) is 0 Å². The van der Waals surface area contributed by atoms with Crippen LogP contribution in [0.25, 0.3) is 10.9 Å². The van der Waals surface area contributed by atoms with Crippen LogP contribution < -0.4 is 10.7 Å². The van der Waals surface area contributed by atoms with Crippen LogP contribution in [0, 0.1) is 0 Å². The van der Waals surface area contributed by atoms with Crippen LogP contribution in [-0.2, 0) is 0 Å². The molecule has 0 aliphatic heterocycles. The van der Waals surface area contributed by atoms with Crippen molar-refractivity contribution in [3.8, 4) is 0 Å². The lowest BCUT2D eigenvalue weighted by atomic mass is 10.1. The van der Waals surface area contributed by atoms with Crippen LogP contribution in [0.2, 0.25) is 0 Å². The van der Waals surface area contributed by atoms with E-state index >= 15 is 0 Å². The number of amides is 1. The van der Waals surface area contributed by atoms with Crippen molar-refractivity contribution in [1.82, 2.24) is 10.3 Å². The number of aromatic amines is 1. The van der Waals surface area contributed by atoms with Crippen molar-refractivity contribution >= 4 is 16.8 Å². The molecule has 2 N–H and O–H groups in total. The average Bonchev–Trinajstić information content (AvgIpc) is 2.37. The lowest BCUT2D eigenvalue weighted by Gasteiger charge is -2.03. The van der Waals surface area contributed by atoms with Gasteiger partial charge in [0.1, 0.15) is 5.56 Å². The maximum atomic E-state index is 12.0. The summed E-state index contributed by atoms with van der Waals surface area (Å²) < 4.78 is 0. The molecule has 0 radical (unpaired) electrons. The fourth-order valence-electron chi connectivity index (χ4n) is 1.60. The first-order chi connectivity index (χ1) is 8.24. The highest BCUT2D eigenvalue weighted by Gasteiger charge is 2.11. The standard InChI is InChI=1S/C13H12N2O2/c1-2-7-14-13(17)10-8-15-11-6-4-3-5-9(11)12(10)16/h2-6,8H,1,7H2,(H,14,17)(H,15,16). The summed E-state index contributed by atoms with van der Waals surface area (Å²) in [4.78, 5) is 26.6. The predicted molar refractivity (Wildman–Crippen MR) is 67.1 cm³/mol. The number of hydrogen-bond donors (Lipinski definition) is 2. The normalized spacial score (nSPS) is 10.1. The molecule has 4 nitrogen and oxygen atoms in total. The fraction of sp³-hybridized carbons (Fsp3) is 0.0769. The number of rotatable bonds is 3. The third kappa shape index (κ3) is 2.10. The smallest absolute Gasteiger partial charge is 0.257 e. The summed E-state index contributed by atoms with van der Waals surface area (Å²) in [5, 5.41) is 3.09. The van der Waals surface area contributed by atoms with E-state index in [1.54, 1.807) is 24.3 Å². The van der Waals surface area contributed by atoms with Gasteiger partial charge >= 0.3 is 0 Å². The van der Waals surface area contributed by atoms with Crippen molar-refractivity contribution in [2.24, 2.45) is 0 Å². The summed E-state index contributed by atoms with van der Waals surface area (Å²) in [5.41, 5.74) is 0.573. The molecule has 86 valence electrons. The fourth-order valence-corrected chi connectivity index (χ4v) is 1.60. The Morgan fingerprint density at radius 2 is 2.18 bits per heavy atom. The molecule has 4 heteroatoms. The molecule has 0 saturated heterocycles. The Morgan fingerprint density at radius 3 is 2.94 bits per heavy atom. The molecular formula is C13H12N2O2. The van der Waals surface area contributed by atoms with E-state index in [2.05, 4.69) is 16.9 Å². The van der Waals surface area contributed by atoms with Gasteiger partial charge in [0.2, 0.25) is 5.43 Å². The van der Waals surface area contributed by atoms with Gasteiger partial charge in [0.25, 0.3) is 5.91 Å². The van der Waals surface area contributed by atoms with Crippen molar-refractivity contribution in [2.75, 3.05) is 6.54 Å². The number of hydrogen-bond acceptors (Lipinski definition) is 2. The van der Waals surface area contributed by atoms with Crippen molar-refractivity contribution < 1.29 is 4.79 Å². The number of pyridine rings is 1. The predicted octanol–water partition coefficient (Wildman–Crippen LogP) is 1.44. The maximum Gasteiger partial charge on any atom is 0.257 e. The molecular weight excluding hydrogens is 216 g/mol. The van der Waals surface area contributed by atoms with Gasteiger partial charge < -0.3 is 10.3 Å². The van der Waals surface area contributed by atoms with E-state index in [0.717, 1.165) is 5.52 Å². The van der Waals surface area contributed by atoms with Gasteiger partial charge in [-0.1, -0.05) is 18.2 Å². The molecule has 0 atom stereocenters. The summed E-state index contributed by atoms with van der Waals surface area (Å²) in [7, 11) is 0. The third-order valence-electron chi connectivity index (χ3n) is 2.44. The molecule has 1 aromatic heterocycles. The molecule has 0 bridgehead atoms. The van der Waals surface area contributed by atoms with E-state index in [1.807, 2.05) is 6.07 Å². The van der Waals surface area contributed by atoms with Crippen LogP contribution in [0.4, 0.5) is 0 Å². The Labute approximate surface area is 98.0 Å². The van der Waals surface area contributed by atoms with Gasteiger partial charge in [-0.25, -0.2) is 0 Å². The van der Waals surface area contributed by atoms with E-state index in [-0.39, 0.29) is 11.0 Å². The summed E-state index contributed by atoms with van der Waals surface area (Å²) >= 11 is 0. The van der Waals surface area contributed by atoms with Gasteiger partial charge in [0, 0.05) is 23.6 Å². The number of nitrogens with one attached hydrogen (secondary N) is 2. The first-order valence-corrected chi connectivity index (χ1v) is 5.23. The summed E-state index contributed by atoms with van der Waals surface area (Å²) in [5.74, 6) is -0.392. The second kappa shape index (κ2) is 4.65.